The molecule has 3 atom stereocenters. The fourth-order valence-electron chi connectivity index (χ4n) is 6.49. The number of hydrogen-bond donors (Lipinski definition) is 2. The largest absolute Gasteiger partial charge is 0.756 e. The number of likely N-dealkylation sites (N-methyl/N-ethyl adjacent to an activating group) is 1. The molecule has 0 aromatic rings. The van der Waals surface area contributed by atoms with Gasteiger partial charge in [0, 0.05) is 6.42 Å². The summed E-state index contributed by atoms with van der Waals surface area (Å²) >= 11 is 0. The molecule has 0 bridgehead atoms. The lowest BCUT2D eigenvalue weighted by molar-refractivity contribution is -0.870. The zero-order valence-corrected chi connectivity index (χ0v) is 38.7. The van der Waals surface area contributed by atoms with E-state index in [4.69, 9.17) is 9.05 Å². The Bertz CT molecular complexity index is 1070. The smallest absolute Gasteiger partial charge is 0.268 e. The number of unbranched alkanes of at least 4 members (excludes halogenated alkanes) is 23. The first-order valence-corrected chi connectivity index (χ1v) is 25.0. The minimum absolute atomic E-state index is 0.00939. The summed E-state index contributed by atoms with van der Waals surface area (Å²) in [4.78, 5) is 25.3. The first-order valence-electron chi connectivity index (χ1n) is 23.5. The number of carbonyl (C=O) groups excluding carboxylic acids is 1. The number of quaternary nitrogens is 1. The molecular weight excluding hydrogens is 732 g/mol. The third kappa shape index (κ3) is 42.4. The van der Waals surface area contributed by atoms with Crippen molar-refractivity contribution in [1.29, 1.82) is 0 Å². The van der Waals surface area contributed by atoms with Gasteiger partial charge in [-0.1, -0.05) is 178 Å². The van der Waals surface area contributed by atoms with E-state index in [1.807, 2.05) is 27.2 Å². The molecule has 9 heteroatoms. The Morgan fingerprint density at radius 2 is 1.04 bits per heavy atom. The van der Waals surface area contributed by atoms with Gasteiger partial charge in [-0.3, -0.25) is 9.36 Å². The number of hydrogen-bond acceptors (Lipinski definition) is 6. The zero-order valence-electron chi connectivity index (χ0n) is 37.8. The third-order valence-corrected chi connectivity index (χ3v) is 11.2. The molecule has 0 aliphatic rings. The highest BCUT2D eigenvalue weighted by Gasteiger charge is 2.23. The quantitative estimate of drug-likeness (QED) is 0.0275. The number of carbonyl (C=O) groups is 1. The molecule has 0 fully saturated rings. The molecule has 0 rings (SSSR count). The molecule has 1 amide bonds. The van der Waals surface area contributed by atoms with E-state index in [1.54, 1.807) is 6.08 Å². The molecule has 57 heavy (non-hydrogen) atoms. The monoisotopic (exact) mass is 823 g/mol. The highest BCUT2D eigenvalue weighted by Crippen LogP contribution is 2.38. The first kappa shape index (κ1) is 55.5. The van der Waals surface area contributed by atoms with Crippen LogP contribution in [0.5, 0.6) is 0 Å². The average Bonchev–Trinajstić information content (AvgIpc) is 3.16. The number of phosphoric ester groups is 1. The summed E-state index contributed by atoms with van der Waals surface area (Å²) in [5.74, 6) is -0.217. The van der Waals surface area contributed by atoms with E-state index >= 15 is 0 Å². The maximum Gasteiger partial charge on any atom is 0.268 e. The van der Waals surface area contributed by atoms with E-state index < -0.39 is 26.6 Å². The summed E-state index contributed by atoms with van der Waals surface area (Å²) in [6.45, 7) is 4.59. The van der Waals surface area contributed by atoms with Gasteiger partial charge in [-0.25, -0.2) is 0 Å². The summed E-state index contributed by atoms with van der Waals surface area (Å²) in [7, 11) is 1.23. The molecule has 0 aromatic heterocycles. The molecular formula is C48H91N2O6P. The number of phosphoric acid groups is 1. The van der Waals surface area contributed by atoms with Crippen LogP contribution in [0.1, 0.15) is 200 Å². The van der Waals surface area contributed by atoms with E-state index in [1.165, 1.54) is 122 Å². The fraction of sp³-hybridized carbons (Fsp3) is 0.812. The van der Waals surface area contributed by atoms with Crippen LogP contribution in [-0.2, 0) is 18.4 Å². The second-order valence-corrected chi connectivity index (χ2v) is 18.5. The predicted octanol–water partition coefficient (Wildman–Crippen LogP) is 12.6. The number of amides is 1. The molecule has 0 radical (unpaired) electrons. The molecule has 0 aliphatic heterocycles. The van der Waals surface area contributed by atoms with Gasteiger partial charge in [0.15, 0.2) is 0 Å². The van der Waals surface area contributed by atoms with Crippen LogP contribution in [0.15, 0.2) is 48.6 Å². The number of nitrogens with zero attached hydrogens (tertiary/aromatic N) is 1. The van der Waals surface area contributed by atoms with Crippen LogP contribution in [0.4, 0.5) is 0 Å². The Balaban J connectivity index is 4.34. The van der Waals surface area contributed by atoms with E-state index in [0.717, 1.165) is 57.8 Å². The van der Waals surface area contributed by atoms with Crippen LogP contribution < -0.4 is 10.2 Å². The number of rotatable bonds is 42. The fourth-order valence-corrected chi connectivity index (χ4v) is 7.21. The summed E-state index contributed by atoms with van der Waals surface area (Å²) < 4.78 is 23.2. The van der Waals surface area contributed by atoms with Gasteiger partial charge in [-0.2, -0.15) is 0 Å². The lowest BCUT2D eigenvalue weighted by Crippen LogP contribution is -2.45. The first-order chi connectivity index (χ1) is 27.5. The van der Waals surface area contributed by atoms with Gasteiger partial charge < -0.3 is 28.8 Å². The number of allylic oxidation sites excluding steroid dienone is 7. The SMILES string of the molecule is CCCCCCCC/C=C/CC/C=C/C(O)C(COP(=O)([O-])OCC[N+](C)(C)C)NC(=O)CCCCCCCCC/C=C\C/C=C\CCCCCCCCCCC. The van der Waals surface area contributed by atoms with Gasteiger partial charge in [-0.15, -0.1) is 0 Å². The third-order valence-electron chi connectivity index (χ3n) is 10.3. The summed E-state index contributed by atoms with van der Waals surface area (Å²) in [5, 5.41) is 13.7. The lowest BCUT2D eigenvalue weighted by atomic mass is 10.1. The van der Waals surface area contributed by atoms with E-state index in [0.29, 0.717) is 17.4 Å². The molecule has 0 aliphatic carbocycles. The highest BCUT2D eigenvalue weighted by atomic mass is 31.2. The second kappa shape index (κ2) is 39.9. The maximum absolute atomic E-state index is 12.9. The van der Waals surface area contributed by atoms with Crippen molar-refractivity contribution >= 4 is 13.7 Å². The predicted molar refractivity (Wildman–Crippen MR) is 242 cm³/mol. The van der Waals surface area contributed by atoms with E-state index in [9.17, 15) is 19.4 Å². The van der Waals surface area contributed by atoms with Crippen LogP contribution in [0.25, 0.3) is 0 Å². The Labute approximate surface area is 352 Å². The molecule has 0 saturated heterocycles. The van der Waals surface area contributed by atoms with Gasteiger partial charge >= 0.3 is 0 Å². The Kier molecular flexibility index (Phi) is 38.8. The van der Waals surface area contributed by atoms with Gasteiger partial charge in [0.2, 0.25) is 5.91 Å². The molecule has 0 saturated carbocycles. The minimum atomic E-state index is -4.60. The van der Waals surface area contributed by atoms with Crippen molar-refractivity contribution in [2.24, 2.45) is 0 Å². The van der Waals surface area contributed by atoms with Crippen molar-refractivity contribution in [3.05, 3.63) is 48.6 Å². The van der Waals surface area contributed by atoms with Crippen LogP contribution in [-0.4, -0.2) is 68.5 Å². The lowest BCUT2D eigenvalue weighted by Gasteiger charge is -2.29. The Morgan fingerprint density at radius 3 is 1.53 bits per heavy atom. The van der Waals surface area contributed by atoms with Crippen molar-refractivity contribution in [1.82, 2.24) is 5.32 Å². The van der Waals surface area contributed by atoms with Crippen molar-refractivity contribution in [3.8, 4) is 0 Å². The normalized spacial score (nSPS) is 14.7. The van der Waals surface area contributed by atoms with Crippen molar-refractivity contribution in [2.75, 3.05) is 40.9 Å². The molecule has 2 N–H and O–H groups in total. The Morgan fingerprint density at radius 1 is 0.614 bits per heavy atom. The van der Waals surface area contributed by atoms with Gasteiger partial charge in [-0.05, 0) is 64.2 Å². The highest BCUT2D eigenvalue weighted by molar-refractivity contribution is 7.45. The van der Waals surface area contributed by atoms with Gasteiger partial charge in [0.1, 0.15) is 13.2 Å². The number of aliphatic hydroxyl groups excluding tert-OH is 1. The maximum atomic E-state index is 12.9. The van der Waals surface area contributed by atoms with Crippen molar-refractivity contribution < 1.29 is 32.9 Å². The second-order valence-electron chi connectivity index (χ2n) is 17.1. The average molecular weight is 823 g/mol. The van der Waals surface area contributed by atoms with Crippen LogP contribution >= 0.6 is 7.82 Å². The van der Waals surface area contributed by atoms with Crippen molar-refractivity contribution in [3.63, 3.8) is 0 Å². The molecule has 3 unspecified atom stereocenters. The molecule has 334 valence electrons. The van der Waals surface area contributed by atoms with Crippen molar-refractivity contribution in [2.45, 2.75) is 212 Å². The standard InChI is InChI=1S/C48H91N2O6P/c1-6-8-10-12-14-16-18-20-21-22-23-24-25-26-27-28-29-30-32-34-36-38-40-42-48(52)49-46(45-56-57(53,54)55-44-43-50(3,4)5)47(51)41-39-37-35-33-31-19-17-15-13-11-9-7-2/h23-24,26-27,31,33,39,41,46-47,51H,6-22,25,28-30,32,34-38,40,42-45H2,1-5H3,(H-,49,52,53,54)/b24-23-,27-26-,33-31+,41-39+. The van der Waals surface area contributed by atoms with Crippen LogP contribution in [0.3, 0.4) is 0 Å². The van der Waals surface area contributed by atoms with Gasteiger partial charge in [0.05, 0.1) is 39.9 Å². The minimum Gasteiger partial charge on any atom is -0.756 e. The Hall–Kier alpha value is -1.54. The molecule has 0 heterocycles. The molecule has 0 spiro atoms. The molecule has 8 nitrogen and oxygen atoms in total. The molecule has 0 aromatic carbocycles. The zero-order chi connectivity index (χ0) is 42.1. The van der Waals surface area contributed by atoms with E-state index in [-0.39, 0.29) is 12.5 Å². The summed E-state index contributed by atoms with van der Waals surface area (Å²) in [5.41, 5.74) is 0. The number of aliphatic hydroxyl groups is 1. The summed E-state index contributed by atoms with van der Waals surface area (Å²) in [6.07, 6.45) is 50.3. The van der Waals surface area contributed by atoms with E-state index in [2.05, 4.69) is 55.6 Å². The summed E-state index contributed by atoms with van der Waals surface area (Å²) in [6, 6.07) is -0.907. The van der Waals surface area contributed by atoms with Crippen LogP contribution in [0, 0.1) is 0 Å². The topological polar surface area (TPSA) is 108 Å². The van der Waals surface area contributed by atoms with Crippen LogP contribution in [0.2, 0.25) is 0 Å². The van der Waals surface area contributed by atoms with Gasteiger partial charge in [0.25, 0.3) is 7.82 Å². The number of nitrogens with one attached hydrogen (secondary N) is 1.